The summed E-state index contributed by atoms with van der Waals surface area (Å²) in [5.41, 5.74) is 5.73. The number of nitrogens with one attached hydrogen (secondary N) is 3. The number of carbonyl (C=O) groups is 2. The van der Waals surface area contributed by atoms with Crippen molar-refractivity contribution in [1.29, 1.82) is 0 Å². The molecule has 2 fully saturated rings. The summed E-state index contributed by atoms with van der Waals surface area (Å²) in [4.78, 5) is 27.0. The van der Waals surface area contributed by atoms with E-state index in [2.05, 4.69) is 41.8 Å². The normalized spacial score (nSPS) is 18.4. The number of rotatable bonds is 6. The first-order valence-corrected chi connectivity index (χ1v) is 12.2. The Morgan fingerprint density at radius 3 is 2.72 bits per heavy atom. The number of para-hydroxylation sites is 1. The van der Waals surface area contributed by atoms with Gasteiger partial charge in [-0.05, 0) is 25.3 Å². The predicted octanol–water partition coefficient (Wildman–Crippen LogP) is 2.70. The molecule has 1 aliphatic carbocycles. The molecular weight excluding hydrogens is 460 g/mol. The molecule has 186 valence electrons. The molecule has 0 radical (unpaired) electrons. The maximum Gasteiger partial charge on any atom is 0.273 e. The van der Waals surface area contributed by atoms with Crippen LogP contribution >= 0.6 is 0 Å². The van der Waals surface area contributed by atoms with Gasteiger partial charge >= 0.3 is 0 Å². The summed E-state index contributed by atoms with van der Waals surface area (Å²) < 4.78 is 7.69. The summed E-state index contributed by atoms with van der Waals surface area (Å²) in [7, 11) is 3.59. The van der Waals surface area contributed by atoms with E-state index in [1.807, 2.05) is 25.4 Å². The topological polar surface area (TPSA) is 126 Å². The number of aromatic nitrogens is 4. The van der Waals surface area contributed by atoms with Crippen LogP contribution in [0.25, 0.3) is 11.1 Å². The average molecular weight is 489 g/mol. The van der Waals surface area contributed by atoms with Crippen LogP contribution in [0.2, 0.25) is 0 Å². The highest BCUT2D eigenvalue weighted by atomic mass is 16.5. The number of hydrogen-bond donors (Lipinski definition) is 3. The molecule has 4 heterocycles. The molecule has 11 nitrogen and oxygen atoms in total. The lowest BCUT2D eigenvalue weighted by molar-refractivity contribution is -0.117. The van der Waals surface area contributed by atoms with Gasteiger partial charge in [0.15, 0.2) is 11.5 Å². The summed E-state index contributed by atoms with van der Waals surface area (Å²) >= 11 is 0. The summed E-state index contributed by atoms with van der Waals surface area (Å²) in [6.07, 6.45) is 4.66. The molecule has 3 aromatic rings. The average Bonchev–Trinajstić information content (AvgIpc) is 3.43. The smallest absolute Gasteiger partial charge is 0.273 e. The standard InChI is InChI=1S/C25H28N8O3/c1-26-25(35)22-19(10-21(30-31-22)29-24(34)14-6-7-14)28-18-5-3-4-16-17-11-27-33(15-8-9-36-13-15)20(17)12-32(2)23(16)18/h3-5,10-11,14-15H,6-9,12-13H2,1-2H3,(H,26,35)(H2,28,29,30,34)/t15-/m0/s1. The Balaban J connectivity index is 1.37. The Labute approximate surface area is 208 Å². The number of amides is 2. The Kier molecular flexibility index (Phi) is 5.56. The van der Waals surface area contributed by atoms with Gasteiger partial charge in [-0.3, -0.25) is 14.3 Å². The lowest BCUT2D eigenvalue weighted by Crippen LogP contribution is -2.26. The molecule has 3 N–H and O–H groups in total. The minimum Gasteiger partial charge on any atom is -0.379 e. The fraction of sp³-hybridized carbons (Fsp3) is 0.400. The number of fused-ring (bicyclic) bond motifs is 3. The van der Waals surface area contributed by atoms with Crippen LogP contribution in [-0.4, -0.2) is 59.1 Å². The molecule has 0 bridgehead atoms. The predicted molar refractivity (Wildman–Crippen MR) is 134 cm³/mol. The van der Waals surface area contributed by atoms with Crippen molar-refractivity contribution < 1.29 is 14.3 Å². The van der Waals surface area contributed by atoms with E-state index in [4.69, 9.17) is 9.84 Å². The summed E-state index contributed by atoms with van der Waals surface area (Å²) in [6.45, 7) is 2.14. The van der Waals surface area contributed by atoms with E-state index < -0.39 is 0 Å². The number of hydrogen-bond acceptors (Lipinski definition) is 8. The van der Waals surface area contributed by atoms with Gasteiger partial charge in [-0.25, -0.2) is 0 Å². The minimum absolute atomic E-state index is 0.0301. The lowest BCUT2D eigenvalue weighted by Gasteiger charge is -2.31. The number of nitrogens with zero attached hydrogens (tertiary/aromatic N) is 5. The van der Waals surface area contributed by atoms with Gasteiger partial charge in [0.1, 0.15) is 0 Å². The Hall–Kier alpha value is -3.99. The van der Waals surface area contributed by atoms with Gasteiger partial charge < -0.3 is 25.6 Å². The summed E-state index contributed by atoms with van der Waals surface area (Å²) in [6, 6.07) is 7.94. The van der Waals surface area contributed by atoms with E-state index >= 15 is 0 Å². The van der Waals surface area contributed by atoms with Crippen molar-refractivity contribution in [1.82, 2.24) is 25.3 Å². The second kappa shape index (κ2) is 8.90. The highest BCUT2D eigenvalue weighted by Gasteiger charge is 2.31. The molecule has 2 amide bonds. The van der Waals surface area contributed by atoms with Gasteiger partial charge in [0.2, 0.25) is 5.91 Å². The van der Waals surface area contributed by atoms with E-state index in [1.165, 1.54) is 5.69 Å². The van der Waals surface area contributed by atoms with E-state index in [-0.39, 0.29) is 29.5 Å². The Morgan fingerprint density at radius 1 is 1.11 bits per heavy atom. The minimum atomic E-state index is -0.370. The molecule has 1 saturated carbocycles. The van der Waals surface area contributed by atoms with Crippen molar-refractivity contribution in [3.8, 4) is 11.1 Å². The number of carbonyl (C=O) groups excluding carboxylic acids is 2. The third kappa shape index (κ3) is 3.95. The van der Waals surface area contributed by atoms with Crippen molar-refractivity contribution in [3.63, 3.8) is 0 Å². The third-order valence-electron chi connectivity index (χ3n) is 6.95. The third-order valence-corrected chi connectivity index (χ3v) is 6.95. The quantitative estimate of drug-likeness (QED) is 0.484. The molecule has 6 rings (SSSR count). The molecule has 1 aromatic carbocycles. The number of ether oxygens (including phenoxy) is 1. The first-order valence-electron chi connectivity index (χ1n) is 12.2. The summed E-state index contributed by atoms with van der Waals surface area (Å²) in [5, 5.41) is 21.7. The Morgan fingerprint density at radius 2 is 1.97 bits per heavy atom. The fourth-order valence-electron chi connectivity index (χ4n) is 4.93. The molecule has 2 aliphatic heterocycles. The molecule has 0 unspecified atom stereocenters. The molecule has 1 saturated heterocycles. The van der Waals surface area contributed by atoms with Gasteiger partial charge in [-0.15, -0.1) is 10.2 Å². The number of anilines is 4. The van der Waals surface area contributed by atoms with Crippen LogP contribution in [0.3, 0.4) is 0 Å². The second-order valence-electron chi connectivity index (χ2n) is 9.48. The SMILES string of the molecule is CNC(=O)c1nnc(NC(=O)C2CC2)cc1Nc1cccc2c1N(C)Cc1c-2cnn1[C@H]1CCOC1. The molecule has 36 heavy (non-hydrogen) atoms. The van der Waals surface area contributed by atoms with Gasteiger partial charge in [-0.1, -0.05) is 12.1 Å². The van der Waals surface area contributed by atoms with Crippen molar-refractivity contribution in [2.24, 2.45) is 5.92 Å². The largest absolute Gasteiger partial charge is 0.379 e. The van der Waals surface area contributed by atoms with Crippen LogP contribution in [0.5, 0.6) is 0 Å². The highest BCUT2D eigenvalue weighted by Crippen LogP contribution is 2.44. The van der Waals surface area contributed by atoms with E-state index in [1.54, 1.807) is 13.1 Å². The van der Waals surface area contributed by atoms with Crippen LogP contribution in [0.15, 0.2) is 30.5 Å². The fourth-order valence-corrected chi connectivity index (χ4v) is 4.93. The Bertz CT molecular complexity index is 1340. The van der Waals surface area contributed by atoms with Crippen LogP contribution in [-0.2, 0) is 16.1 Å². The van der Waals surface area contributed by atoms with Crippen LogP contribution in [0.1, 0.15) is 41.5 Å². The van der Waals surface area contributed by atoms with Gasteiger partial charge in [-0.2, -0.15) is 5.10 Å². The zero-order valence-corrected chi connectivity index (χ0v) is 20.2. The van der Waals surface area contributed by atoms with Gasteiger partial charge in [0, 0.05) is 43.8 Å². The second-order valence-corrected chi connectivity index (χ2v) is 9.48. The monoisotopic (exact) mass is 488 g/mol. The molecular formula is C25H28N8O3. The van der Waals surface area contributed by atoms with E-state index in [9.17, 15) is 9.59 Å². The van der Waals surface area contributed by atoms with E-state index in [0.717, 1.165) is 48.4 Å². The highest BCUT2D eigenvalue weighted by molar-refractivity contribution is 6.01. The van der Waals surface area contributed by atoms with Crippen LogP contribution in [0.4, 0.5) is 22.9 Å². The zero-order valence-electron chi connectivity index (χ0n) is 20.2. The maximum absolute atomic E-state index is 12.5. The lowest BCUT2D eigenvalue weighted by atomic mass is 9.97. The molecule has 11 heteroatoms. The number of benzene rings is 1. The first-order chi connectivity index (χ1) is 17.5. The van der Waals surface area contributed by atoms with Gasteiger partial charge in [0.25, 0.3) is 5.91 Å². The van der Waals surface area contributed by atoms with Crippen LogP contribution < -0.4 is 20.9 Å². The molecule has 3 aliphatic rings. The van der Waals surface area contributed by atoms with Crippen LogP contribution in [0, 0.1) is 5.92 Å². The van der Waals surface area contributed by atoms with Crippen molar-refractivity contribution >= 4 is 34.7 Å². The molecule has 2 aromatic heterocycles. The zero-order chi connectivity index (χ0) is 24.8. The van der Waals surface area contributed by atoms with Crippen molar-refractivity contribution in [2.75, 3.05) is 42.8 Å². The molecule has 1 atom stereocenters. The summed E-state index contributed by atoms with van der Waals surface area (Å²) in [5.74, 6) is -0.104. The molecule has 0 spiro atoms. The van der Waals surface area contributed by atoms with Crippen molar-refractivity contribution in [2.45, 2.75) is 31.8 Å². The first kappa shape index (κ1) is 22.5. The van der Waals surface area contributed by atoms with Crippen molar-refractivity contribution in [3.05, 3.63) is 41.9 Å². The maximum atomic E-state index is 12.5. The van der Waals surface area contributed by atoms with E-state index in [0.29, 0.717) is 24.7 Å². The van der Waals surface area contributed by atoms with Gasteiger partial charge in [0.05, 0.1) is 48.1 Å².